The number of nitrogens with one attached hydrogen (secondary N) is 2. The first-order valence-electron chi connectivity index (χ1n) is 9.47. The fourth-order valence-corrected chi connectivity index (χ4v) is 4.27. The van der Waals surface area contributed by atoms with Crippen molar-refractivity contribution >= 4 is 11.9 Å². The van der Waals surface area contributed by atoms with Crippen LogP contribution in [-0.4, -0.2) is 51.6 Å². The van der Waals surface area contributed by atoms with E-state index >= 15 is 0 Å². The maximum absolute atomic E-state index is 13.2. The van der Waals surface area contributed by atoms with Gasteiger partial charge in [-0.3, -0.25) is 9.69 Å². The van der Waals surface area contributed by atoms with Crippen molar-refractivity contribution in [3.05, 3.63) is 18.2 Å². The van der Waals surface area contributed by atoms with Crippen molar-refractivity contribution in [3.63, 3.8) is 0 Å². The van der Waals surface area contributed by atoms with Gasteiger partial charge >= 0.3 is 6.03 Å². The highest BCUT2D eigenvalue weighted by atomic mass is 16.2. The molecule has 3 amide bonds. The molecule has 0 aliphatic carbocycles. The van der Waals surface area contributed by atoms with Gasteiger partial charge in [0.2, 0.25) is 0 Å². The second-order valence-electron chi connectivity index (χ2n) is 7.02. The van der Waals surface area contributed by atoms with Crippen molar-refractivity contribution < 1.29 is 9.59 Å². The number of amides is 3. The summed E-state index contributed by atoms with van der Waals surface area (Å²) in [4.78, 5) is 31.5. The summed E-state index contributed by atoms with van der Waals surface area (Å²) >= 11 is 0. The highest BCUT2D eigenvalue weighted by molar-refractivity contribution is 6.07. The molecule has 0 radical (unpaired) electrons. The van der Waals surface area contributed by atoms with Crippen molar-refractivity contribution in [1.82, 2.24) is 25.1 Å². The van der Waals surface area contributed by atoms with Gasteiger partial charge in [-0.15, -0.1) is 0 Å². The number of imidazole rings is 1. The number of carbonyl (C=O) groups is 2. The molecule has 7 nitrogen and oxygen atoms in total. The minimum atomic E-state index is -0.712. The predicted octanol–water partition coefficient (Wildman–Crippen LogP) is 1.54. The monoisotopic (exact) mass is 347 g/mol. The fourth-order valence-electron chi connectivity index (χ4n) is 4.27. The fraction of sp³-hybridized carbons (Fsp3) is 0.722. The van der Waals surface area contributed by atoms with Crippen LogP contribution in [0, 0.1) is 5.92 Å². The lowest BCUT2D eigenvalue weighted by atomic mass is 9.75. The van der Waals surface area contributed by atoms with Gasteiger partial charge in [-0.2, -0.15) is 0 Å². The Morgan fingerprint density at radius 1 is 1.24 bits per heavy atom. The zero-order chi connectivity index (χ0) is 17.9. The summed E-state index contributed by atoms with van der Waals surface area (Å²) in [6.07, 6.45) is 7.96. The molecule has 25 heavy (non-hydrogen) atoms. The maximum atomic E-state index is 13.2. The Bertz CT molecular complexity index is 623. The first-order valence-corrected chi connectivity index (χ1v) is 9.47. The molecule has 138 valence electrons. The second kappa shape index (κ2) is 7.56. The predicted molar refractivity (Wildman–Crippen MR) is 95.1 cm³/mol. The molecule has 7 heteroatoms. The summed E-state index contributed by atoms with van der Waals surface area (Å²) in [5.41, 5.74) is -0.712. The van der Waals surface area contributed by atoms with Gasteiger partial charge in [0.1, 0.15) is 11.4 Å². The zero-order valence-electron chi connectivity index (χ0n) is 15.3. The third-order valence-electron chi connectivity index (χ3n) is 5.56. The quantitative estimate of drug-likeness (QED) is 0.733. The van der Waals surface area contributed by atoms with Crippen LogP contribution in [0.2, 0.25) is 0 Å². The largest absolute Gasteiger partial charge is 0.333 e. The molecule has 2 saturated heterocycles. The van der Waals surface area contributed by atoms with Crippen LogP contribution >= 0.6 is 0 Å². The number of nitrogens with zero attached hydrogens (tertiary/aromatic N) is 3. The van der Waals surface area contributed by atoms with E-state index in [1.807, 2.05) is 10.8 Å². The highest BCUT2D eigenvalue weighted by Crippen LogP contribution is 2.35. The summed E-state index contributed by atoms with van der Waals surface area (Å²) < 4.78 is 2.02. The molecule has 0 spiro atoms. The van der Waals surface area contributed by atoms with Crippen molar-refractivity contribution in [1.29, 1.82) is 0 Å². The molecule has 2 aliphatic heterocycles. The normalized spacial score (nSPS) is 24.8. The molecule has 1 aromatic rings. The minimum absolute atomic E-state index is 0.0376. The lowest BCUT2D eigenvalue weighted by Crippen LogP contribution is -2.55. The second-order valence-corrected chi connectivity index (χ2v) is 7.02. The van der Waals surface area contributed by atoms with Crippen LogP contribution in [0.15, 0.2) is 12.4 Å². The summed E-state index contributed by atoms with van der Waals surface area (Å²) in [6.45, 7) is 6.93. The molecule has 1 aromatic heterocycles. The van der Waals surface area contributed by atoms with Crippen molar-refractivity contribution in [2.45, 2.75) is 58.0 Å². The topological polar surface area (TPSA) is 79.3 Å². The van der Waals surface area contributed by atoms with E-state index in [-0.39, 0.29) is 17.9 Å². The smallest absolute Gasteiger partial charge is 0.325 e. The van der Waals surface area contributed by atoms with Crippen LogP contribution in [0.5, 0.6) is 0 Å². The van der Waals surface area contributed by atoms with E-state index in [2.05, 4.69) is 29.5 Å². The first kappa shape index (κ1) is 17.9. The lowest BCUT2D eigenvalue weighted by molar-refractivity contribution is -0.134. The number of hydrogen-bond donors (Lipinski definition) is 2. The summed E-state index contributed by atoms with van der Waals surface area (Å²) in [5, 5.41) is 6.42. The molecule has 2 fully saturated rings. The van der Waals surface area contributed by atoms with Crippen LogP contribution < -0.4 is 10.6 Å². The van der Waals surface area contributed by atoms with E-state index in [0.29, 0.717) is 19.5 Å². The Kier molecular flexibility index (Phi) is 5.42. The van der Waals surface area contributed by atoms with Gasteiger partial charge in [0.25, 0.3) is 5.91 Å². The molecule has 0 saturated carbocycles. The molecule has 3 rings (SSSR count). The number of rotatable bonds is 7. The van der Waals surface area contributed by atoms with Gasteiger partial charge in [0.15, 0.2) is 0 Å². The minimum Gasteiger partial charge on any atom is -0.333 e. The van der Waals surface area contributed by atoms with Gasteiger partial charge < -0.3 is 15.2 Å². The van der Waals surface area contributed by atoms with Crippen LogP contribution in [0.4, 0.5) is 4.79 Å². The van der Waals surface area contributed by atoms with E-state index in [0.717, 1.165) is 44.6 Å². The summed E-state index contributed by atoms with van der Waals surface area (Å²) in [6, 6.07) is -0.241. The summed E-state index contributed by atoms with van der Waals surface area (Å²) in [7, 11) is 0. The van der Waals surface area contributed by atoms with Crippen molar-refractivity contribution in [2.75, 3.05) is 19.6 Å². The average molecular weight is 347 g/mol. The van der Waals surface area contributed by atoms with Gasteiger partial charge in [0.05, 0.1) is 0 Å². The van der Waals surface area contributed by atoms with Gasteiger partial charge in [-0.1, -0.05) is 20.3 Å². The number of imide groups is 1. The molecule has 3 heterocycles. The van der Waals surface area contributed by atoms with Gasteiger partial charge in [-0.25, -0.2) is 9.78 Å². The zero-order valence-corrected chi connectivity index (χ0v) is 15.3. The molecule has 2 N–H and O–H groups in total. The number of aromatic nitrogens is 2. The van der Waals surface area contributed by atoms with Crippen LogP contribution in [-0.2, 0) is 17.8 Å². The number of aryl methyl sites for hydroxylation is 1. The molecule has 1 atom stereocenters. The number of urea groups is 1. The number of hydrogen-bond acceptors (Lipinski definition) is 4. The Morgan fingerprint density at radius 3 is 2.68 bits per heavy atom. The average Bonchev–Trinajstić information content (AvgIpc) is 3.18. The SMILES string of the molecule is CCC[C@]1(C2CCNCC2)NC(=O)N(CCn2ccnc2CC)C1=O. The van der Waals surface area contributed by atoms with E-state index in [1.54, 1.807) is 6.20 Å². The Morgan fingerprint density at radius 2 is 2.00 bits per heavy atom. The Hall–Kier alpha value is -1.89. The number of carbonyl (C=O) groups excluding carboxylic acids is 2. The molecular formula is C18H29N5O2. The third kappa shape index (κ3) is 3.29. The van der Waals surface area contributed by atoms with Crippen molar-refractivity contribution in [2.24, 2.45) is 5.92 Å². The molecule has 0 aromatic carbocycles. The molecule has 0 unspecified atom stereocenters. The highest BCUT2D eigenvalue weighted by Gasteiger charge is 2.54. The third-order valence-corrected chi connectivity index (χ3v) is 5.56. The van der Waals surface area contributed by atoms with E-state index < -0.39 is 5.54 Å². The maximum Gasteiger partial charge on any atom is 0.325 e. The van der Waals surface area contributed by atoms with Gasteiger partial charge in [0, 0.05) is 31.9 Å². The Labute approximate surface area is 149 Å². The molecular weight excluding hydrogens is 318 g/mol. The standard InChI is InChI=1S/C18H29N5O2/c1-3-7-18(14-5-8-19-9-6-14)16(24)23(17(25)21-18)13-12-22-11-10-20-15(22)4-2/h10-11,14,19H,3-9,12-13H2,1-2H3,(H,21,25)/t18-/m1/s1. The first-order chi connectivity index (χ1) is 12.1. The lowest BCUT2D eigenvalue weighted by Gasteiger charge is -2.37. The Balaban J connectivity index is 1.75. The van der Waals surface area contributed by atoms with Gasteiger partial charge in [-0.05, 0) is 38.3 Å². The van der Waals surface area contributed by atoms with Crippen LogP contribution in [0.3, 0.4) is 0 Å². The van der Waals surface area contributed by atoms with Crippen LogP contribution in [0.25, 0.3) is 0 Å². The van der Waals surface area contributed by atoms with E-state index in [9.17, 15) is 9.59 Å². The molecule has 0 bridgehead atoms. The van der Waals surface area contributed by atoms with E-state index in [4.69, 9.17) is 0 Å². The van der Waals surface area contributed by atoms with E-state index in [1.165, 1.54) is 4.90 Å². The number of piperidine rings is 1. The molecule has 2 aliphatic rings. The van der Waals surface area contributed by atoms with Crippen LogP contribution in [0.1, 0.15) is 45.4 Å². The summed E-state index contributed by atoms with van der Waals surface area (Å²) in [5.74, 6) is 1.16. The van der Waals surface area contributed by atoms with Crippen molar-refractivity contribution in [3.8, 4) is 0 Å².